The Morgan fingerprint density at radius 3 is 1.96 bits per heavy atom. The number of aliphatic hydroxyl groups excluding tert-OH is 1. The fourth-order valence-electron chi connectivity index (χ4n) is 8.87. The minimum atomic E-state index is -5.16. The number of esters is 1. The van der Waals surface area contributed by atoms with Crippen LogP contribution in [0.4, 0.5) is 54.5 Å². The van der Waals surface area contributed by atoms with Gasteiger partial charge in [0.05, 0.1) is 68.4 Å². The SMILES string of the molecule is COC(=O)C[C@H](C(=O)NN(Cc1c(F)cc(-c2ccn(C(F)F)n2)cc1F)C[C@H](O)[C@@H](CC(=O)[C@@H](NC(=O)OC)C(C)(C)C(F)(F)F)Cc1ccc(C#Cc2ccc(N3CCN(C4COC4)CC3)nc2)cc1)C(C)(C)C(F)(F)F. The minimum Gasteiger partial charge on any atom is -0.469 e. The molecule has 79 heavy (non-hydrogen) atoms. The summed E-state index contributed by atoms with van der Waals surface area (Å²) < 4.78 is 161. The molecule has 4 heterocycles. The second kappa shape index (κ2) is 25.5. The second-order valence-corrected chi connectivity index (χ2v) is 20.3. The quantitative estimate of drug-likeness (QED) is 0.0321. The number of ether oxygens (including phenoxy) is 3. The summed E-state index contributed by atoms with van der Waals surface area (Å²) in [5, 5.41) is 18.2. The lowest BCUT2D eigenvalue weighted by molar-refractivity contribution is -0.231. The molecule has 26 heteroatoms. The van der Waals surface area contributed by atoms with Crippen LogP contribution in [0.1, 0.15) is 69.3 Å². The zero-order valence-electron chi connectivity index (χ0n) is 43.9. The number of alkyl halides is 8. The summed E-state index contributed by atoms with van der Waals surface area (Å²) in [5.74, 6) is -3.88. The summed E-state index contributed by atoms with van der Waals surface area (Å²) in [5.41, 5.74) is -3.97. The number of anilines is 1. The number of methoxy groups -OCH3 is 2. The van der Waals surface area contributed by atoms with Gasteiger partial charge >= 0.3 is 31.0 Å². The highest BCUT2D eigenvalue weighted by Gasteiger charge is 2.57. The number of rotatable bonds is 21. The number of piperazine rings is 1. The summed E-state index contributed by atoms with van der Waals surface area (Å²) >= 11 is 0. The highest BCUT2D eigenvalue weighted by molar-refractivity contribution is 5.88. The lowest BCUT2D eigenvalue weighted by Crippen LogP contribution is -2.57. The summed E-state index contributed by atoms with van der Waals surface area (Å²) in [6.45, 7) is 2.05. The van der Waals surface area contributed by atoms with E-state index in [1.165, 1.54) is 12.1 Å². The molecule has 2 aliphatic heterocycles. The third-order valence-corrected chi connectivity index (χ3v) is 14.3. The molecule has 2 saturated heterocycles. The molecule has 0 bridgehead atoms. The van der Waals surface area contributed by atoms with Gasteiger partial charge in [0, 0.05) is 80.3 Å². The molecule has 2 aromatic carbocycles. The molecule has 0 unspecified atom stereocenters. The van der Waals surface area contributed by atoms with Gasteiger partial charge in [-0.25, -0.2) is 28.3 Å². The van der Waals surface area contributed by atoms with Crippen LogP contribution < -0.4 is 15.6 Å². The Balaban J connectivity index is 1.32. The molecular formula is C53H60F10N8O8. The number of hydrazine groups is 1. The summed E-state index contributed by atoms with van der Waals surface area (Å²) in [6.07, 6.45) is -13.8. The van der Waals surface area contributed by atoms with Gasteiger partial charge in [-0.1, -0.05) is 37.8 Å². The average Bonchev–Trinajstić information content (AvgIpc) is 3.99. The van der Waals surface area contributed by atoms with Crippen molar-refractivity contribution in [1.82, 2.24) is 35.4 Å². The Morgan fingerprint density at radius 2 is 1.44 bits per heavy atom. The summed E-state index contributed by atoms with van der Waals surface area (Å²) in [6, 6.07) is 10.4. The fraction of sp³-hybridized carbons (Fsp3) is 0.509. The number of carbonyl (C=O) groups is 4. The Morgan fingerprint density at radius 1 is 0.835 bits per heavy atom. The normalized spacial score (nSPS) is 16.3. The lowest BCUT2D eigenvalue weighted by atomic mass is 9.75. The maximum atomic E-state index is 16.0. The first-order valence-electron chi connectivity index (χ1n) is 24.8. The molecule has 2 amide bonds. The van der Waals surface area contributed by atoms with Crippen molar-refractivity contribution in [1.29, 1.82) is 0 Å². The van der Waals surface area contributed by atoms with Gasteiger partial charge in [-0.2, -0.15) is 40.2 Å². The summed E-state index contributed by atoms with van der Waals surface area (Å²) in [7, 11) is 1.69. The lowest BCUT2D eigenvalue weighted by Gasteiger charge is -2.42. The molecule has 4 aromatic rings. The third-order valence-electron chi connectivity index (χ3n) is 14.3. The van der Waals surface area contributed by atoms with E-state index in [1.54, 1.807) is 18.3 Å². The van der Waals surface area contributed by atoms with Gasteiger partial charge in [0.2, 0.25) is 5.91 Å². The Labute approximate surface area is 448 Å². The van der Waals surface area contributed by atoms with E-state index in [1.807, 2.05) is 17.4 Å². The van der Waals surface area contributed by atoms with Crippen molar-refractivity contribution in [3.05, 3.63) is 101 Å². The number of alkyl carbamates (subject to hydrolysis) is 1. The van der Waals surface area contributed by atoms with E-state index in [0.717, 1.165) is 71.7 Å². The van der Waals surface area contributed by atoms with E-state index in [-0.39, 0.29) is 22.4 Å². The van der Waals surface area contributed by atoms with Crippen molar-refractivity contribution in [2.45, 2.75) is 90.6 Å². The number of hydrogen-bond acceptors (Lipinski definition) is 13. The maximum absolute atomic E-state index is 16.0. The maximum Gasteiger partial charge on any atom is 0.407 e. The van der Waals surface area contributed by atoms with Gasteiger partial charge in [0.1, 0.15) is 23.5 Å². The highest BCUT2D eigenvalue weighted by Crippen LogP contribution is 2.46. The van der Waals surface area contributed by atoms with Crippen LogP contribution in [0.15, 0.2) is 67.0 Å². The number of nitrogens with one attached hydrogen (secondary N) is 2. The topological polar surface area (TPSA) is 181 Å². The van der Waals surface area contributed by atoms with Crippen LogP contribution in [0.2, 0.25) is 0 Å². The average molecular weight is 1130 g/mol. The predicted octanol–water partition coefficient (Wildman–Crippen LogP) is 7.63. The van der Waals surface area contributed by atoms with Crippen LogP contribution in [0, 0.1) is 46.1 Å². The molecule has 0 spiro atoms. The molecule has 0 saturated carbocycles. The number of aromatic nitrogens is 3. The molecule has 0 radical (unpaired) electrons. The molecule has 6 rings (SSSR count). The van der Waals surface area contributed by atoms with Crippen molar-refractivity contribution in [3.8, 4) is 23.1 Å². The van der Waals surface area contributed by atoms with Gasteiger partial charge in [-0.05, 0) is 74.2 Å². The van der Waals surface area contributed by atoms with Gasteiger partial charge in [0.25, 0.3) is 0 Å². The number of benzene rings is 2. The predicted molar refractivity (Wildman–Crippen MR) is 264 cm³/mol. The Hall–Kier alpha value is -6.82. The first-order valence-corrected chi connectivity index (χ1v) is 24.8. The number of ketones is 1. The van der Waals surface area contributed by atoms with E-state index >= 15 is 8.78 Å². The third kappa shape index (κ3) is 15.3. The molecule has 3 N–H and O–H groups in total. The number of nitrogens with zero attached hydrogens (tertiary/aromatic N) is 6. The van der Waals surface area contributed by atoms with Crippen LogP contribution in [0.25, 0.3) is 11.3 Å². The smallest absolute Gasteiger partial charge is 0.407 e. The van der Waals surface area contributed by atoms with E-state index in [4.69, 9.17) is 4.74 Å². The van der Waals surface area contributed by atoms with E-state index < -0.39 is 121 Å². The number of pyridine rings is 1. The first-order chi connectivity index (χ1) is 37.0. The molecule has 2 aromatic heterocycles. The molecule has 16 nitrogen and oxygen atoms in total. The molecule has 2 aliphatic rings. The van der Waals surface area contributed by atoms with Crippen LogP contribution in [-0.4, -0.2) is 144 Å². The van der Waals surface area contributed by atoms with Crippen LogP contribution in [0.3, 0.4) is 0 Å². The van der Waals surface area contributed by atoms with Crippen molar-refractivity contribution in [2.75, 3.05) is 65.1 Å². The molecule has 2 fully saturated rings. The zero-order valence-corrected chi connectivity index (χ0v) is 43.9. The number of amides is 2. The number of hydrogen-bond donors (Lipinski definition) is 3. The Bertz CT molecular complexity index is 2800. The second-order valence-electron chi connectivity index (χ2n) is 20.3. The fourth-order valence-corrected chi connectivity index (χ4v) is 8.87. The molecule has 0 aliphatic carbocycles. The van der Waals surface area contributed by atoms with Crippen LogP contribution >= 0.6 is 0 Å². The first kappa shape index (κ1) is 61.4. The highest BCUT2D eigenvalue weighted by atomic mass is 19.4. The van der Waals surface area contributed by atoms with Gasteiger partial charge in [0.15, 0.2) is 5.78 Å². The molecule has 4 atom stereocenters. The zero-order chi connectivity index (χ0) is 58.2. The number of halogens is 10. The number of Topliss-reactive ketones (excluding diaryl/α,β-unsaturated/α-hetero) is 1. The van der Waals surface area contributed by atoms with Crippen molar-refractivity contribution >= 4 is 29.6 Å². The van der Waals surface area contributed by atoms with E-state index in [2.05, 4.69) is 46.6 Å². The van der Waals surface area contributed by atoms with Crippen molar-refractivity contribution < 1.29 is 82.4 Å². The number of aliphatic hydroxyl groups is 1. The minimum absolute atomic E-state index is 0.209. The largest absolute Gasteiger partial charge is 0.469 e. The molecular weight excluding hydrogens is 1070 g/mol. The molecule has 430 valence electrons. The van der Waals surface area contributed by atoms with Crippen molar-refractivity contribution in [2.24, 2.45) is 22.7 Å². The van der Waals surface area contributed by atoms with Gasteiger partial charge in [-0.3, -0.25) is 24.7 Å². The standard InChI is InChI=1S/C53H60F10N8O8/c1-50(2,52(58,59)60)38(25-45(74)77-5)47(75)67-70(27-37-39(54)22-34(23-40(37)55)41-15-16-71(66-41)48(56)57)28-43(73)35(24-42(72)46(65-49(76)78-6)51(3,4)53(61,62)63)21-32-10-7-31(8-11-32)9-12-33-13-14-44(64-26-33)69-19-17-68(18-20-69)36-29-79-30-36/h7-8,10-11,13-16,22-23,26,35-36,38,43,46,48,73H,17-21,24-25,27-30H2,1-6H3,(H,65,76)(H,67,75)/t35-,38-,43+,46-/m1/s1. The van der Waals surface area contributed by atoms with E-state index in [9.17, 15) is 59.4 Å². The van der Waals surface area contributed by atoms with E-state index in [0.29, 0.717) is 67.6 Å². The Kier molecular flexibility index (Phi) is 19.8. The van der Waals surface area contributed by atoms with Gasteiger partial charge in [-0.15, -0.1) is 0 Å². The summed E-state index contributed by atoms with van der Waals surface area (Å²) in [4.78, 5) is 62.3. The monoisotopic (exact) mass is 1130 g/mol. The van der Waals surface area contributed by atoms with Gasteiger partial charge < -0.3 is 29.5 Å². The number of carbonyl (C=O) groups excluding carboxylic acids is 4. The van der Waals surface area contributed by atoms with Crippen LogP contribution in [0.5, 0.6) is 0 Å². The van der Waals surface area contributed by atoms with Crippen molar-refractivity contribution in [3.63, 3.8) is 0 Å². The van der Waals surface area contributed by atoms with Crippen LogP contribution in [-0.2, 0) is 41.6 Å².